The zero-order chi connectivity index (χ0) is 31.9. The van der Waals surface area contributed by atoms with Gasteiger partial charge in [0.1, 0.15) is 17.8 Å². The van der Waals surface area contributed by atoms with E-state index < -0.39 is 24.0 Å². The summed E-state index contributed by atoms with van der Waals surface area (Å²) < 4.78 is 17.2. The van der Waals surface area contributed by atoms with E-state index in [2.05, 4.69) is 22.8 Å². The molecule has 2 N–H and O–H groups in total. The number of carbonyl (C=O) groups is 4. The fourth-order valence-corrected chi connectivity index (χ4v) is 6.43. The minimum Gasteiger partial charge on any atom is -0.494 e. The Bertz CT molecular complexity index is 1140. The summed E-state index contributed by atoms with van der Waals surface area (Å²) in [7, 11) is 0. The van der Waals surface area contributed by atoms with Crippen LogP contribution in [-0.4, -0.2) is 79.7 Å². The van der Waals surface area contributed by atoms with Crippen molar-refractivity contribution in [2.75, 3.05) is 33.0 Å². The average molecular weight is 626 g/mol. The Hall–Kier alpha value is -3.40. The zero-order valence-electron chi connectivity index (χ0n) is 26.8. The SMILES string of the molecule is CCOC(=O)[C@@H]1C[C@@]23COCCC/C=C\CCCCCCCCC(=O)N[C@@H](CCOc4ccccc4)C(=O)NCC(=O)N1[C@H]2C3. The molecular weight excluding hydrogens is 574 g/mol. The van der Waals surface area contributed by atoms with Crippen molar-refractivity contribution in [2.45, 2.75) is 109 Å². The lowest BCUT2D eigenvalue weighted by molar-refractivity contribution is -0.154. The van der Waals surface area contributed by atoms with E-state index in [1.54, 1.807) is 11.8 Å². The summed E-state index contributed by atoms with van der Waals surface area (Å²) in [5, 5.41) is 5.59. The lowest BCUT2D eigenvalue weighted by atomic mass is 10.0. The van der Waals surface area contributed by atoms with Gasteiger partial charge >= 0.3 is 5.97 Å². The maximum absolute atomic E-state index is 13.5. The van der Waals surface area contributed by atoms with Gasteiger partial charge in [-0.05, 0) is 64.0 Å². The monoisotopic (exact) mass is 625 g/mol. The average Bonchev–Trinajstić information content (AvgIpc) is 3.64. The Balaban J connectivity index is 1.40. The van der Waals surface area contributed by atoms with Gasteiger partial charge < -0.3 is 29.7 Å². The van der Waals surface area contributed by atoms with Gasteiger partial charge in [-0.25, -0.2) is 4.79 Å². The second-order valence-corrected chi connectivity index (χ2v) is 12.5. The molecule has 1 aliphatic carbocycles. The topological polar surface area (TPSA) is 123 Å². The predicted octanol–water partition coefficient (Wildman–Crippen LogP) is 4.47. The minimum atomic E-state index is -0.857. The van der Waals surface area contributed by atoms with E-state index in [9.17, 15) is 19.2 Å². The van der Waals surface area contributed by atoms with Crippen molar-refractivity contribution in [3.63, 3.8) is 0 Å². The first-order valence-corrected chi connectivity index (χ1v) is 16.9. The number of amides is 3. The summed E-state index contributed by atoms with van der Waals surface area (Å²) in [6, 6.07) is 7.59. The molecule has 0 radical (unpaired) electrons. The molecule has 3 aliphatic rings. The van der Waals surface area contributed by atoms with Gasteiger partial charge in [0.25, 0.3) is 0 Å². The van der Waals surface area contributed by atoms with Gasteiger partial charge in [0.2, 0.25) is 17.7 Å². The minimum absolute atomic E-state index is 0.125. The first-order valence-electron chi connectivity index (χ1n) is 16.9. The van der Waals surface area contributed by atoms with Crippen molar-refractivity contribution in [1.29, 1.82) is 0 Å². The number of piperidine rings is 1. The number of esters is 1. The van der Waals surface area contributed by atoms with E-state index >= 15 is 0 Å². The van der Waals surface area contributed by atoms with Crippen LogP contribution in [0.1, 0.15) is 90.4 Å². The Morgan fingerprint density at radius 3 is 2.49 bits per heavy atom. The first-order chi connectivity index (χ1) is 21.9. The molecule has 2 bridgehead atoms. The number of allylic oxidation sites excluding steroid dienone is 2. The molecule has 2 aliphatic heterocycles. The third-order valence-corrected chi connectivity index (χ3v) is 8.99. The van der Waals surface area contributed by atoms with Crippen molar-refractivity contribution < 1.29 is 33.4 Å². The molecule has 1 aromatic carbocycles. The molecule has 2 fully saturated rings. The van der Waals surface area contributed by atoms with Crippen LogP contribution in [0.25, 0.3) is 0 Å². The highest BCUT2D eigenvalue weighted by Gasteiger charge is 2.67. The molecule has 3 amide bonds. The molecule has 0 spiro atoms. The van der Waals surface area contributed by atoms with E-state index in [0.717, 1.165) is 57.8 Å². The van der Waals surface area contributed by atoms with Gasteiger partial charge in [-0.3, -0.25) is 14.4 Å². The van der Waals surface area contributed by atoms with Crippen LogP contribution in [0.4, 0.5) is 0 Å². The predicted molar refractivity (Wildman–Crippen MR) is 170 cm³/mol. The summed E-state index contributed by atoms with van der Waals surface area (Å²) in [5.41, 5.74) is -0.259. The summed E-state index contributed by atoms with van der Waals surface area (Å²) in [4.78, 5) is 54.1. The number of para-hydroxylation sites is 1. The lowest BCUT2D eigenvalue weighted by Crippen LogP contribution is -2.52. The number of nitrogens with zero attached hydrogens (tertiary/aromatic N) is 1. The summed E-state index contributed by atoms with van der Waals surface area (Å²) in [5.74, 6) is -0.740. The molecule has 45 heavy (non-hydrogen) atoms. The van der Waals surface area contributed by atoms with Crippen LogP contribution >= 0.6 is 0 Å². The van der Waals surface area contributed by atoms with E-state index in [-0.39, 0.29) is 49.5 Å². The molecule has 2 heterocycles. The summed E-state index contributed by atoms with van der Waals surface area (Å²) in [6.07, 6.45) is 15.6. The van der Waals surface area contributed by atoms with E-state index in [1.807, 2.05) is 30.3 Å². The second-order valence-electron chi connectivity index (χ2n) is 12.5. The first kappa shape index (κ1) is 34.5. The van der Waals surface area contributed by atoms with Gasteiger partial charge in [-0.2, -0.15) is 0 Å². The van der Waals surface area contributed by atoms with Crippen molar-refractivity contribution in [2.24, 2.45) is 5.41 Å². The Morgan fingerprint density at radius 1 is 0.978 bits per heavy atom. The molecule has 4 atom stereocenters. The van der Waals surface area contributed by atoms with Gasteiger partial charge in [0.15, 0.2) is 0 Å². The molecule has 0 unspecified atom stereocenters. The van der Waals surface area contributed by atoms with Crippen LogP contribution in [0.15, 0.2) is 42.5 Å². The molecule has 10 nitrogen and oxygen atoms in total. The molecule has 1 aromatic rings. The molecular formula is C35H51N3O7. The third-order valence-electron chi connectivity index (χ3n) is 8.99. The number of hydrogen-bond donors (Lipinski definition) is 2. The van der Waals surface area contributed by atoms with Gasteiger partial charge in [-0.1, -0.05) is 56.0 Å². The standard InChI is InChI=1S/C35H51N3O7/c1-2-44-34(42)29-23-35-24-30(35)38(29)32(40)25-36-33(41)28(20-22-45-27-17-13-12-14-18-27)37-31(39)19-15-10-8-6-4-3-5-7-9-11-16-21-43-26-35/h7,9,12-14,17-18,28-30H,2-6,8,10-11,15-16,19-26H2,1H3,(H,36,41)(H,37,39)/b9-7-/t28-,29-,30-,35+/m0/s1. The number of hydrogen-bond acceptors (Lipinski definition) is 7. The summed E-state index contributed by atoms with van der Waals surface area (Å²) in [6.45, 7) is 3.03. The smallest absolute Gasteiger partial charge is 0.328 e. The largest absolute Gasteiger partial charge is 0.494 e. The maximum atomic E-state index is 13.5. The molecule has 4 rings (SSSR count). The van der Waals surface area contributed by atoms with Crippen LogP contribution < -0.4 is 15.4 Å². The van der Waals surface area contributed by atoms with Crippen LogP contribution in [0.3, 0.4) is 0 Å². The quantitative estimate of drug-likeness (QED) is 0.353. The van der Waals surface area contributed by atoms with Crippen molar-refractivity contribution in [3.05, 3.63) is 42.5 Å². The number of carbonyl (C=O) groups excluding carboxylic acids is 4. The Morgan fingerprint density at radius 2 is 1.71 bits per heavy atom. The molecule has 1 saturated carbocycles. The van der Waals surface area contributed by atoms with Crippen LogP contribution in [-0.2, 0) is 28.7 Å². The van der Waals surface area contributed by atoms with Gasteiger partial charge in [-0.15, -0.1) is 0 Å². The molecule has 0 aromatic heterocycles. The van der Waals surface area contributed by atoms with E-state index in [1.165, 1.54) is 6.42 Å². The molecule has 1 saturated heterocycles. The van der Waals surface area contributed by atoms with Gasteiger partial charge in [0.05, 0.1) is 26.4 Å². The van der Waals surface area contributed by atoms with Crippen LogP contribution in [0.2, 0.25) is 0 Å². The lowest BCUT2D eigenvalue weighted by Gasteiger charge is -2.26. The number of benzene rings is 1. The fraction of sp³-hybridized carbons (Fsp3) is 0.657. The Labute approximate surface area is 267 Å². The van der Waals surface area contributed by atoms with Crippen LogP contribution in [0, 0.1) is 5.41 Å². The zero-order valence-corrected chi connectivity index (χ0v) is 26.8. The highest BCUT2D eigenvalue weighted by molar-refractivity contribution is 5.92. The summed E-state index contributed by atoms with van der Waals surface area (Å²) >= 11 is 0. The van der Waals surface area contributed by atoms with Crippen LogP contribution in [0.5, 0.6) is 5.75 Å². The normalized spacial score (nSPS) is 28.4. The molecule has 10 heteroatoms. The Kier molecular flexibility index (Phi) is 13.7. The highest BCUT2D eigenvalue weighted by atomic mass is 16.5. The molecule has 248 valence electrons. The van der Waals surface area contributed by atoms with Gasteiger partial charge in [0, 0.05) is 30.9 Å². The number of rotatable bonds is 6. The number of nitrogens with one attached hydrogen (secondary N) is 2. The van der Waals surface area contributed by atoms with E-state index in [4.69, 9.17) is 14.2 Å². The van der Waals surface area contributed by atoms with Crippen molar-refractivity contribution in [1.82, 2.24) is 15.5 Å². The number of ether oxygens (including phenoxy) is 3. The van der Waals surface area contributed by atoms with Crippen molar-refractivity contribution in [3.8, 4) is 5.75 Å². The highest BCUT2D eigenvalue weighted by Crippen LogP contribution is 2.59. The van der Waals surface area contributed by atoms with Crippen molar-refractivity contribution >= 4 is 23.7 Å². The maximum Gasteiger partial charge on any atom is 0.328 e. The third kappa shape index (κ3) is 10.6. The fourth-order valence-electron chi connectivity index (χ4n) is 6.43. The second kappa shape index (κ2) is 17.9. The van der Waals surface area contributed by atoms with E-state index in [0.29, 0.717) is 31.8 Å².